The number of benzene rings is 2. The molecule has 7 heteroatoms. The molecule has 2 rings (SSSR count). The van der Waals surface area contributed by atoms with Gasteiger partial charge in [0.15, 0.2) is 10.3 Å². The minimum Gasteiger partial charge on any atom is -0.378 e. The average Bonchev–Trinajstić information content (AvgIpc) is 2.65. The maximum absolute atomic E-state index is 5.95. The van der Waals surface area contributed by atoms with Crippen LogP contribution in [0.25, 0.3) is 0 Å². The molecular weight excluding hydrogens is 440 g/mol. The maximum atomic E-state index is 5.95. The summed E-state index contributed by atoms with van der Waals surface area (Å²) in [4.78, 5) is 8.77. The Morgan fingerprint density at radius 1 is 0.630 bits per heavy atom. The molecule has 0 aliphatic rings. The van der Waals surface area contributed by atoms with Crippen molar-refractivity contribution in [3.63, 3.8) is 0 Å². The van der Waals surface area contributed by atoms with E-state index in [2.05, 4.69) is 9.98 Å². The zero-order valence-corrected chi connectivity index (χ0v) is 18.6. The van der Waals surface area contributed by atoms with Gasteiger partial charge in [0.25, 0.3) is 0 Å². The Morgan fingerprint density at radius 3 is 1.37 bits per heavy atom. The van der Waals surface area contributed by atoms with Gasteiger partial charge in [0.1, 0.15) is 0 Å². The average molecular weight is 468 g/mol. The molecule has 4 nitrogen and oxygen atoms in total. The summed E-state index contributed by atoms with van der Waals surface area (Å²) < 4.78 is 0. The van der Waals surface area contributed by atoms with Gasteiger partial charge in [0.2, 0.25) is 0 Å². The summed E-state index contributed by atoms with van der Waals surface area (Å²) in [6, 6.07) is 19.6. The van der Waals surface area contributed by atoms with Gasteiger partial charge in [0.05, 0.1) is 11.4 Å². The molecule has 0 amide bonds. The first kappa shape index (κ1) is 23.6. The quantitative estimate of drug-likeness (QED) is 0.274. The molecular formula is C20H27BrN4S2. The van der Waals surface area contributed by atoms with Crippen molar-refractivity contribution >= 4 is 62.2 Å². The van der Waals surface area contributed by atoms with Gasteiger partial charge in [-0.1, -0.05) is 72.8 Å². The van der Waals surface area contributed by atoms with Crippen LogP contribution in [0, 0.1) is 0 Å². The molecule has 4 N–H and O–H groups in total. The lowest BCUT2D eigenvalue weighted by atomic mass is 10.2. The SMILES string of the molecule is Br.NC(=Nc1ccccc1)SCCCCCCSC(N)=Nc1ccccc1. The van der Waals surface area contributed by atoms with E-state index in [0.717, 1.165) is 35.7 Å². The molecule has 2 aromatic rings. The lowest BCUT2D eigenvalue weighted by Crippen LogP contribution is -2.07. The minimum absolute atomic E-state index is 0. The van der Waals surface area contributed by atoms with Crippen LogP contribution in [0.1, 0.15) is 25.7 Å². The van der Waals surface area contributed by atoms with Crippen molar-refractivity contribution < 1.29 is 0 Å². The Bertz CT molecular complexity index is 632. The summed E-state index contributed by atoms with van der Waals surface area (Å²) in [6.45, 7) is 0. The van der Waals surface area contributed by atoms with Gasteiger partial charge in [-0.3, -0.25) is 0 Å². The fraction of sp³-hybridized carbons (Fsp3) is 0.300. The molecule has 146 valence electrons. The van der Waals surface area contributed by atoms with E-state index < -0.39 is 0 Å². The summed E-state index contributed by atoms with van der Waals surface area (Å²) >= 11 is 3.25. The lowest BCUT2D eigenvalue weighted by molar-refractivity contribution is 0.712. The van der Waals surface area contributed by atoms with Crippen LogP contribution in [-0.2, 0) is 0 Å². The van der Waals surface area contributed by atoms with Crippen LogP contribution < -0.4 is 11.5 Å². The molecule has 0 unspecified atom stereocenters. The maximum Gasteiger partial charge on any atom is 0.159 e. The van der Waals surface area contributed by atoms with E-state index in [-0.39, 0.29) is 17.0 Å². The number of rotatable bonds is 9. The minimum atomic E-state index is 0. The highest BCUT2D eigenvalue weighted by Gasteiger charge is 1.98. The molecule has 27 heavy (non-hydrogen) atoms. The second-order valence-electron chi connectivity index (χ2n) is 5.68. The van der Waals surface area contributed by atoms with E-state index in [1.807, 2.05) is 60.7 Å². The number of amidine groups is 2. The highest BCUT2D eigenvalue weighted by molar-refractivity contribution is 8.93. The summed E-state index contributed by atoms with van der Waals surface area (Å²) in [7, 11) is 0. The number of para-hydroxylation sites is 2. The summed E-state index contributed by atoms with van der Waals surface area (Å²) in [5.41, 5.74) is 13.7. The Balaban J connectivity index is 0.00000364. The fourth-order valence-corrected chi connectivity index (χ4v) is 3.69. The number of unbranched alkanes of at least 4 members (excludes halogenated alkanes) is 3. The first-order valence-electron chi connectivity index (χ1n) is 8.78. The van der Waals surface area contributed by atoms with Crippen LogP contribution in [0.5, 0.6) is 0 Å². The van der Waals surface area contributed by atoms with Crippen LogP contribution in [-0.4, -0.2) is 21.8 Å². The Morgan fingerprint density at radius 2 is 1.00 bits per heavy atom. The predicted octanol–water partition coefficient (Wildman–Crippen LogP) is 5.88. The summed E-state index contributed by atoms with van der Waals surface area (Å²) in [6.07, 6.45) is 4.69. The summed E-state index contributed by atoms with van der Waals surface area (Å²) in [5.74, 6) is 2.01. The molecule has 2 aromatic carbocycles. The Labute approximate surface area is 181 Å². The van der Waals surface area contributed by atoms with Gasteiger partial charge < -0.3 is 11.5 Å². The molecule has 0 aliphatic heterocycles. The van der Waals surface area contributed by atoms with Gasteiger partial charge in [-0.25, -0.2) is 9.98 Å². The predicted molar refractivity (Wildman–Crippen MR) is 129 cm³/mol. The van der Waals surface area contributed by atoms with Gasteiger partial charge >= 0.3 is 0 Å². The second kappa shape index (κ2) is 14.6. The van der Waals surface area contributed by atoms with Crippen molar-refractivity contribution in [2.24, 2.45) is 21.5 Å². The van der Waals surface area contributed by atoms with Gasteiger partial charge in [0, 0.05) is 11.5 Å². The fourth-order valence-electron chi connectivity index (χ4n) is 2.24. The first-order chi connectivity index (χ1) is 12.7. The van der Waals surface area contributed by atoms with Crippen LogP contribution in [0.3, 0.4) is 0 Å². The van der Waals surface area contributed by atoms with Gasteiger partial charge in [-0.05, 0) is 37.1 Å². The van der Waals surface area contributed by atoms with Crippen LogP contribution in [0.4, 0.5) is 11.4 Å². The van der Waals surface area contributed by atoms with E-state index in [1.54, 1.807) is 23.5 Å². The third-order valence-corrected chi connectivity index (χ3v) is 5.29. The van der Waals surface area contributed by atoms with Crippen molar-refractivity contribution in [2.45, 2.75) is 25.7 Å². The monoisotopic (exact) mass is 466 g/mol. The highest BCUT2D eigenvalue weighted by atomic mass is 79.9. The van der Waals surface area contributed by atoms with Gasteiger partial charge in [-0.2, -0.15) is 0 Å². The van der Waals surface area contributed by atoms with Crippen LogP contribution in [0.15, 0.2) is 70.6 Å². The molecule has 0 radical (unpaired) electrons. The Hall–Kier alpha value is -1.44. The summed E-state index contributed by atoms with van der Waals surface area (Å²) in [5, 5.41) is 1.27. The number of thioether (sulfide) groups is 2. The number of halogens is 1. The normalized spacial score (nSPS) is 11.9. The van der Waals surface area contributed by atoms with Crippen molar-refractivity contribution in [3.8, 4) is 0 Å². The third kappa shape index (κ3) is 11.1. The van der Waals surface area contributed by atoms with Gasteiger partial charge in [-0.15, -0.1) is 17.0 Å². The highest BCUT2D eigenvalue weighted by Crippen LogP contribution is 2.16. The Kier molecular flexibility index (Phi) is 12.8. The molecule has 0 atom stereocenters. The smallest absolute Gasteiger partial charge is 0.159 e. The molecule has 0 saturated carbocycles. The number of hydrogen-bond acceptors (Lipinski definition) is 4. The topological polar surface area (TPSA) is 76.8 Å². The second-order valence-corrected chi connectivity index (χ2v) is 7.91. The zero-order valence-electron chi connectivity index (χ0n) is 15.3. The van der Waals surface area contributed by atoms with Crippen molar-refractivity contribution in [3.05, 3.63) is 60.7 Å². The largest absolute Gasteiger partial charge is 0.378 e. The van der Waals surface area contributed by atoms with E-state index in [4.69, 9.17) is 11.5 Å². The molecule has 0 saturated heterocycles. The van der Waals surface area contributed by atoms with E-state index >= 15 is 0 Å². The number of hydrogen-bond donors (Lipinski definition) is 2. The van der Waals surface area contributed by atoms with E-state index in [1.165, 1.54) is 12.8 Å². The number of aliphatic imine (C=N–C) groups is 2. The number of nitrogens with zero attached hydrogens (tertiary/aromatic N) is 2. The lowest BCUT2D eigenvalue weighted by Gasteiger charge is -2.03. The van der Waals surface area contributed by atoms with E-state index in [9.17, 15) is 0 Å². The molecule has 0 fully saturated rings. The number of nitrogens with two attached hydrogens (primary N) is 2. The van der Waals surface area contributed by atoms with E-state index in [0.29, 0.717) is 10.3 Å². The van der Waals surface area contributed by atoms with Crippen LogP contribution in [0.2, 0.25) is 0 Å². The molecule has 0 spiro atoms. The van der Waals surface area contributed by atoms with Crippen molar-refractivity contribution in [2.75, 3.05) is 11.5 Å². The standard InChI is InChI=1S/C20H26N4S2.BrH/c21-19(23-17-11-5-3-6-12-17)25-15-9-1-2-10-16-26-20(22)24-18-13-7-4-8-14-18;/h3-8,11-14H,1-2,9-10,15-16H2,(H2,21,23)(H2,22,24);1H. The first-order valence-corrected chi connectivity index (χ1v) is 10.7. The molecule has 0 bridgehead atoms. The van der Waals surface area contributed by atoms with Crippen LogP contribution >= 0.6 is 40.5 Å². The molecule has 0 heterocycles. The van der Waals surface area contributed by atoms with Crippen molar-refractivity contribution in [1.82, 2.24) is 0 Å². The van der Waals surface area contributed by atoms with Crippen molar-refractivity contribution in [1.29, 1.82) is 0 Å². The third-order valence-electron chi connectivity index (χ3n) is 3.53. The zero-order chi connectivity index (χ0) is 18.5. The molecule has 0 aliphatic carbocycles. The molecule has 0 aromatic heterocycles.